The molecule has 0 spiro atoms. The van der Waals surface area contributed by atoms with Gasteiger partial charge < -0.3 is 19.4 Å². The van der Waals surface area contributed by atoms with Gasteiger partial charge in [-0.15, -0.1) is 0 Å². The van der Waals surface area contributed by atoms with E-state index < -0.39 is 0 Å². The van der Waals surface area contributed by atoms with Crippen molar-refractivity contribution in [3.05, 3.63) is 83.4 Å². The summed E-state index contributed by atoms with van der Waals surface area (Å²) in [5, 5.41) is 9.82. The summed E-state index contributed by atoms with van der Waals surface area (Å²) < 4.78 is 11.1. The number of phenolic OH excluding ortho intramolecular Hbond substituents is 1. The Morgan fingerprint density at radius 2 is 1.60 bits per heavy atom. The van der Waals surface area contributed by atoms with Gasteiger partial charge in [-0.25, -0.2) is 0 Å². The first-order valence-corrected chi connectivity index (χ1v) is 9.85. The van der Waals surface area contributed by atoms with Crippen molar-refractivity contribution in [1.82, 2.24) is 0 Å². The fourth-order valence-corrected chi connectivity index (χ4v) is 3.18. The number of aldehydes is 1. The molecule has 4 nitrogen and oxygen atoms in total. The predicted molar refractivity (Wildman–Crippen MR) is 120 cm³/mol. The first-order valence-electron chi connectivity index (χ1n) is 9.85. The summed E-state index contributed by atoms with van der Waals surface area (Å²) in [5.41, 5.74) is 4.10. The molecule has 30 heavy (non-hydrogen) atoms. The highest BCUT2D eigenvalue weighted by Gasteiger charge is 2.04. The number of ether oxygens (including phenoxy) is 2. The van der Waals surface area contributed by atoms with Crippen LogP contribution in [0.1, 0.15) is 30.5 Å². The maximum Gasteiger partial charge on any atom is 0.127 e. The SMILES string of the molecule is COc1cc(O)cc(/C=C(/C)c2ccc(Oc3ccc(CC(C)C=O)cc3)cc2)c1. The van der Waals surface area contributed by atoms with Crippen LogP contribution in [0.2, 0.25) is 0 Å². The van der Waals surface area contributed by atoms with Crippen LogP contribution in [0.15, 0.2) is 66.7 Å². The fourth-order valence-electron chi connectivity index (χ4n) is 3.18. The van der Waals surface area contributed by atoms with Crippen LogP contribution in [-0.2, 0) is 11.2 Å². The quantitative estimate of drug-likeness (QED) is 0.364. The van der Waals surface area contributed by atoms with E-state index in [1.54, 1.807) is 19.2 Å². The second kappa shape index (κ2) is 9.79. The van der Waals surface area contributed by atoms with Crippen LogP contribution in [0.5, 0.6) is 23.0 Å². The van der Waals surface area contributed by atoms with Crippen LogP contribution >= 0.6 is 0 Å². The van der Waals surface area contributed by atoms with Gasteiger partial charge in [-0.05, 0) is 72.0 Å². The second-order valence-electron chi connectivity index (χ2n) is 7.38. The molecule has 154 valence electrons. The van der Waals surface area contributed by atoms with Crippen molar-refractivity contribution < 1.29 is 19.4 Å². The fraction of sp³-hybridized carbons (Fsp3) is 0.192. The Morgan fingerprint density at radius 3 is 2.20 bits per heavy atom. The van der Waals surface area contributed by atoms with Crippen LogP contribution in [0.3, 0.4) is 0 Å². The molecule has 1 N–H and O–H groups in total. The van der Waals surface area contributed by atoms with E-state index in [4.69, 9.17) is 9.47 Å². The molecule has 0 saturated carbocycles. The largest absolute Gasteiger partial charge is 0.508 e. The lowest BCUT2D eigenvalue weighted by atomic mass is 10.0. The van der Waals surface area contributed by atoms with E-state index in [0.29, 0.717) is 5.75 Å². The molecule has 0 amide bonds. The van der Waals surface area contributed by atoms with E-state index in [0.717, 1.165) is 46.5 Å². The van der Waals surface area contributed by atoms with Gasteiger partial charge in [-0.2, -0.15) is 0 Å². The van der Waals surface area contributed by atoms with Gasteiger partial charge in [-0.3, -0.25) is 0 Å². The van der Waals surface area contributed by atoms with Gasteiger partial charge in [0.05, 0.1) is 7.11 Å². The van der Waals surface area contributed by atoms with Gasteiger partial charge in [0.1, 0.15) is 29.3 Å². The van der Waals surface area contributed by atoms with Crippen molar-refractivity contribution in [3.63, 3.8) is 0 Å². The third kappa shape index (κ3) is 5.74. The topological polar surface area (TPSA) is 55.8 Å². The molecule has 0 aliphatic rings. The maximum atomic E-state index is 10.8. The van der Waals surface area contributed by atoms with Gasteiger partial charge >= 0.3 is 0 Å². The second-order valence-corrected chi connectivity index (χ2v) is 7.38. The lowest BCUT2D eigenvalue weighted by Gasteiger charge is -2.09. The number of allylic oxidation sites excluding steroid dienone is 1. The van der Waals surface area contributed by atoms with Crippen molar-refractivity contribution in [2.75, 3.05) is 7.11 Å². The summed E-state index contributed by atoms with van der Waals surface area (Å²) in [5.74, 6) is 2.30. The number of benzene rings is 3. The van der Waals surface area contributed by atoms with Crippen molar-refractivity contribution in [1.29, 1.82) is 0 Å². The summed E-state index contributed by atoms with van der Waals surface area (Å²) in [6, 6.07) is 20.8. The summed E-state index contributed by atoms with van der Waals surface area (Å²) in [6.07, 6.45) is 3.70. The molecule has 0 heterocycles. The zero-order valence-electron chi connectivity index (χ0n) is 17.5. The highest BCUT2D eigenvalue weighted by Crippen LogP contribution is 2.27. The standard InChI is InChI=1S/C26H26O4/c1-18(17-27)12-20-4-8-24(9-5-20)30-25-10-6-22(7-11-25)19(2)13-21-14-23(28)16-26(15-21)29-3/h4-11,13-18,28H,12H2,1-3H3/b19-13-. The van der Waals surface area contributed by atoms with Crippen LogP contribution in [0.25, 0.3) is 11.6 Å². The number of carbonyl (C=O) groups excluding carboxylic acids is 1. The Balaban J connectivity index is 1.68. The zero-order valence-corrected chi connectivity index (χ0v) is 17.5. The van der Waals surface area contributed by atoms with E-state index in [9.17, 15) is 9.90 Å². The highest BCUT2D eigenvalue weighted by molar-refractivity contribution is 5.81. The summed E-state index contributed by atoms with van der Waals surface area (Å²) in [6.45, 7) is 3.93. The Morgan fingerprint density at radius 1 is 0.967 bits per heavy atom. The van der Waals surface area contributed by atoms with Crippen LogP contribution in [-0.4, -0.2) is 18.5 Å². The van der Waals surface area contributed by atoms with Crippen LogP contribution in [0.4, 0.5) is 0 Å². The number of rotatable bonds is 8. The number of hydrogen-bond acceptors (Lipinski definition) is 4. The van der Waals surface area contributed by atoms with Gasteiger partial charge in [0.25, 0.3) is 0 Å². The van der Waals surface area contributed by atoms with E-state index in [-0.39, 0.29) is 11.7 Å². The molecule has 0 fully saturated rings. The molecular weight excluding hydrogens is 376 g/mol. The molecule has 0 aliphatic carbocycles. The van der Waals surface area contributed by atoms with E-state index in [1.165, 1.54) is 0 Å². The summed E-state index contributed by atoms with van der Waals surface area (Å²) in [7, 11) is 1.58. The van der Waals surface area contributed by atoms with Gasteiger partial charge in [0.2, 0.25) is 0 Å². The minimum Gasteiger partial charge on any atom is -0.508 e. The highest BCUT2D eigenvalue weighted by atomic mass is 16.5. The first-order chi connectivity index (χ1) is 14.5. The molecule has 3 rings (SSSR count). The predicted octanol–water partition coefficient (Wildman–Crippen LogP) is 6.13. The molecule has 4 heteroatoms. The van der Waals surface area contributed by atoms with Crippen LogP contribution in [0, 0.1) is 5.92 Å². The molecule has 0 bridgehead atoms. The van der Waals surface area contributed by atoms with Crippen molar-refractivity contribution in [3.8, 4) is 23.0 Å². The van der Waals surface area contributed by atoms with Crippen molar-refractivity contribution >= 4 is 17.9 Å². The maximum absolute atomic E-state index is 10.8. The van der Waals surface area contributed by atoms with Gasteiger partial charge in [-0.1, -0.05) is 37.3 Å². The van der Waals surface area contributed by atoms with Gasteiger partial charge in [0.15, 0.2) is 0 Å². The number of aromatic hydroxyl groups is 1. The zero-order chi connectivity index (χ0) is 21.5. The molecule has 0 aromatic heterocycles. The third-order valence-corrected chi connectivity index (χ3v) is 4.79. The van der Waals surface area contributed by atoms with Gasteiger partial charge in [0, 0.05) is 12.0 Å². The minimum absolute atomic E-state index is 0.0153. The molecule has 0 aliphatic heterocycles. The first kappa shape index (κ1) is 21.2. The van der Waals surface area contributed by atoms with Crippen molar-refractivity contribution in [2.24, 2.45) is 5.92 Å². The smallest absolute Gasteiger partial charge is 0.127 e. The Labute approximate surface area is 177 Å². The van der Waals surface area contributed by atoms with E-state index in [2.05, 4.69) is 0 Å². The molecule has 3 aromatic carbocycles. The lowest BCUT2D eigenvalue weighted by molar-refractivity contribution is -0.110. The van der Waals surface area contributed by atoms with E-state index in [1.807, 2.05) is 74.5 Å². The Hall–Kier alpha value is -3.53. The number of methoxy groups -OCH3 is 1. The average Bonchev–Trinajstić information content (AvgIpc) is 2.75. The number of hydrogen-bond donors (Lipinski definition) is 1. The summed E-state index contributed by atoms with van der Waals surface area (Å²) in [4.78, 5) is 10.8. The molecule has 3 aromatic rings. The monoisotopic (exact) mass is 402 g/mol. The molecule has 1 atom stereocenters. The number of carbonyl (C=O) groups is 1. The van der Waals surface area contributed by atoms with E-state index >= 15 is 0 Å². The molecule has 0 radical (unpaired) electrons. The third-order valence-electron chi connectivity index (χ3n) is 4.79. The van der Waals surface area contributed by atoms with Crippen LogP contribution < -0.4 is 9.47 Å². The molecule has 0 saturated heterocycles. The Kier molecular flexibility index (Phi) is 6.91. The van der Waals surface area contributed by atoms with Crippen molar-refractivity contribution in [2.45, 2.75) is 20.3 Å². The summed E-state index contributed by atoms with van der Waals surface area (Å²) >= 11 is 0. The normalized spacial score (nSPS) is 12.3. The average molecular weight is 402 g/mol. The Bertz CT molecular complexity index is 1020. The molecular formula is C26H26O4. The lowest BCUT2D eigenvalue weighted by Crippen LogP contribution is -2.00. The minimum atomic E-state index is 0.0153. The number of phenols is 1. The molecule has 1 unspecified atom stereocenters.